The van der Waals surface area contributed by atoms with Crippen LogP contribution in [0.5, 0.6) is 23.0 Å². The summed E-state index contributed by atoms with van der Waals surface area (Å²) in [6, 6.07) is 21.8. The molecule has 1 aliphatic rings. The first-order valence-electron chi connectivity index (χ1n) is 9.53. The topological polar surface area (TPSA) is 80.6 Å². The quantitative estimate of drug-likeness (QED) is 0.680. The molecule has 1 heterocycles. The van der Waals surface area contributed by atoms with Crippen LogP contribution in [-0.4, -0.2) is 19.6 Å². The molecule has 0 radical (unpaired) electrons. The Morgan fingerprint density at radius 3 is 2.63 bits per heavy atom. The predicted molar refractivity (Wildman–Crippen MR) is 112 cm³/mol. The van der Waals surface area contributed by atoms with E-state index in [0.29, 0.717) is 35.8 Å². The first-order valence-corrected chi connectivity index (χ1v) is 9.53. The van der Waals surface area contributed by atoms with Crippen molar-refractivity contribution in [2.75, 3.05) is 19.0 Å². The van der Waals surface area contributed by atoms with Crippen LogP contribution in [0.3, 0.4) is 0 Å². The van der Waals surface area contributed by atoms with E-state index in [-0.39, 0.29) is 11.8 Å². The van der Waals surface area contributed by atoms with Gasteiger partial charge < -0.3 is 19.5 Å². The van der Waals surface area contributed by atoms with Crippen LogP contribution in [0.4, 0.5) is 5.69 Å². The molecule has 1 amide bonds. The number of hydrogen-bond donors (Lipinski definition) is 1. The van der Waals surface area contributed by atoms with E-state index in [1.54, 1.807) is 55.6 Å². The van der Waals surface area contributed by atoms with E-state index >= 15 is 0 Å². The average Bonchev–Trinajstić information content (AvgIpc) is 2.79. The van der Waals surface area contributed by atoms with Crippen molar-refractivity contribution in [3.8, 4) is 29.1 Å². The van der Waals surface area contributed by atoms with E-state index in [9.17, 15) is 4.79 Å². The molecular weight excluding hydrogens is 380 g/mol. The number of carbonyl (C=O) groups excluding carboxylic acids is 1. The number of nitriles is 1. The van der Waals surface area contributed by atoms with Crippen molar-refractivity contribution in [2.24, 2.45) is 5.92 Å². The standard InChI is InChI=1S/C24H20N2O4/c1-28-21-8-5-17-12-18(15-29-23(17)13-21)24(27)26-19-6-9-20(10-7-19)30-22-4-2-3-16(11-22)14-25/h2-11,13,18H,12,15H2,1H3,(H,26,27). The van der Waals surface area contributed by atoms with Crippen molar-refractivity contribution < 1.29 is 19.0 Å². The summed E-state index contributed by atoms with van der Waals surface area (Å²) in [5.74, 6) is 2.34. The molecule has 3 aromatic rings. The maximum atomic E-state index is 12.7. The number of hydrogen-bond acceptors (Lipinski definition) is 5. The summed E-state index contributed by atoms with van der Waals surface area (Å²) in [4.78, 5) is 12.7. The molecule has 0 aliphatic carbocycles. The minimum Gasteiger partial charge on any atom is -0.497 e. The van der Waals surface area contributed by atoms with E-state index in [1.807, 2.05) is 18.2 Å². The van der Waals surface area contributed by atoms with Gasteiger partial charge in [-0.05, 0) is 60.5 Å². The van der Waals surface area contributed by atoms with Crippen LogP contribution in [0.25, 0.3) is 0 Å². The molecule has 0 aromatic heterocycles. The molecule has 1 N–H and O–H groups in total. The second kappa shape index (κ2) is 8.58. The maximum Gasteiger partial charge on any atom is 0.231 e. The van der Waals surface area contributed by atoms with Gasteiger partial charge in [-0.25, -0.2) is 0 Å². The summed E-state index contributed by atoms with van der Waals surface area (Å²) in [7, 11) is 1.61. The number of ether oxygens (including phenoxy) is 3. The molecule has 0 bridgehead atoms. The second-order valence-corrected chi connectivity index (χ2v) is 6.94. The fraction of sp³-hybridized carbons (Fsp3) is 0.167. The zero-order valence-corrected chi connectivity index (χ0v) is 16.4. The van der Waals surface area contributed by atoms with Crippen LogP contribution in [0.1, 0.15) is 11.1 Å². The smallest absolute Gasteiger partial charge is 0.231 e. The summed E-state index contributed by atoms with van der Waals surface area (Å²) >= 11 is 0. The third-order valence-corrected chi connectivity index (χ3v) is 4.87. The predicted octanol–water partition coefficient (Wildman–Crippen LogP) is 4.55. The number of amides is 1. The third kappa shape index (κ3) is 4.36. The van der Waals surface area contributed by atoms with E-state index in [1.165, 1.54) is 0 Å². The Morgan fingerprint density at radius 2 is 1.87 bits per heavy atom. The lowest BCUT2D eigenvalue weighted by atomic mass is 9.96. The van der Waals surface area contributed by atoms with Crippen molar-refractivity contribution in [2.45, 2.75) is 6.42 Å². The summed E-state index contributed by atoms with van der Waals surface area (Å²) in [5, 5.41) is 11.9. The lowest BCUT2D eigenvalue weighted by molar-refractivity contribution is -0.121. The van der Waals surface area contributed by atoms with Crippen LogP contribution in [0.15, 0.2) is 66.7 Å². The number of benzene rings is 3. The van der Waals surface area contributed by atoms with Gasteiger partial charge in [-0.3, -0.25) is 4.79 Å². The SMILES string of the molecule is COc1ccc2c(c1)OCC(C(=O)Nc1ccc(Oc3cccc(C#N)c3)cc1)C2. The highest BCUT2D eigenvalue weighted by molar-refractivity contribution is 5.93. The molecule has 30 heavy (non-hydrogen) atoms. The zero-order chi connectivity index (χ0) is 20.9. The molecule has 6 heteroatoms. The van der Waals surface area contributed by atoms with E-state index < -0.39 is 0 Å². The van der Waals surface area contributed by atoms with Gasteiger partial charge in [0.2, 0.25) is 5.91 Å². The Balaban J connectivity index is 1.37. The van der Waals surface area contributed by atoms with Gasteiger partial charge in [0.15, 0.2) is 0 Å². The minimum atomic E-state index is -0.268. The van der Waals surface area contributed by atoms with Gasteiger partial charge >= 0.3 is 0 Å². The number of rotatable bonds is 5. The van der Waals surface area contributed by atoms with Crippen molar-refractivity contribution in [1.82, 2.24) is 0 Å². The Bertz CT molecular complexity index is 1100. The average molecular weight is 400 g/mol. The molecule has 0 fully saturated rings. The van der Waals surface area contributed by atoms with Crippen molar-refractivity contribution in [3.05, 3.63) is 77.9 Å². The number of carbonyl (C=O) groups is 1. The molecule has 0 spiro atoms. The van der Waals surface area contributed by atoms with Crippen molar-refractivity contribution in [3.63, 3.8) is 0 Å². The molecule has 1 unspecified atom stereocenters. The summed E-state index contributed by atoms with van der Waals surface area (Å²) in [6.45, 7) is 0.322. The third-order valence-electron chi connectivity index (χ3n) is 4.87. The molecule has 6 nitrogen and oxygen atoms in total. The first-order chi connectivity index (χ1) is 14.6. The molecular formula is C24H20N2O4. The molecule has 1 aliphatic heterocycles. The number of methoxy groups -OCH3 is 1. The maximum absolute atomic E-state index is 12.7. The number of nitrogens with one attached hydrogen (secondary N) is 1. The highest BCUT2D eigenvalue weighted by atomic mass is 16.5. The Kier molecular flexibility index (Phi) is 5.53. The van der Waals surface area contributed by atoms with Gasteiger partial charge in [0.1, 0.15) is 29.6 Å². The van der Waals surface area contributed by atoms with E-state index in [2.05, 4.69) is 11.4 Å². The summed E-state index contributed by atoms with van der Waals surface area (Å²) < 4.78 is 16.7. The summed E-state index contributed by atoms with van der Waals surface area (Å²) in [5.41, 5.74) is 2.20. The molecule has 0 saturated heterocycles. The normalized spacial score (nSPS) is 14.6. The van der Waals surface area contributed by atoms with E-state index in [4.69, 9.17) is 19.5 Å². The fourth-order valence-corrected chi connectivity index (χ4v) is 3.26. The first kappa shape index (κ1) is 19.3. The molecule has 0 saturated carbocycles. The van der Waals surface area contributed by atoms with Crippen LogP contribution in [-0.2, 0) is 11.2 Å². The second-order valence-electron chi connectivity index (χ2n) is 6.94. The number of anilines is 1. The Morgan fingerprint density at radius 1 is 1.07 bits per heavy atom. The van der Waals surface area contributed by atoms with Crippen LogP contribution in [0.2, 0.25) is 0 Å². The lowest BCUT2D eigenvalue weighted by Crippen LogP contribution is -2.32. The fourth-order valence-electron chi connectivity index (χ4n) is 3.26. The zero-order valence-electron chi connectivity index (χ0n) is 16.4. The monoisotopic (exact) mass is 400 g/mol. The highest BCUT2D eigenvalue weighted by Gasteiger charge is 2.26. The van der Waals surface area contributed by atoms with Crippen LogP contribution in [0, 0.1) is 17.2 Å². The van der Waals surface area contributed by atoms with Gasteiger partial charge in [-0.1, -0.05) is 12.1 Å². The van der Waals surface area contributed by atoms with Crippen LogP contribution < -0.4 is 19.5 Å². The Labute approximate surface area is 174 Å². The highest BCUT2D eigenvalue weighted by Crippen LogP contribution is 2.31. The van der Waals surface area contributed by atoms with Crippen molar-refractivity contribution in [1.29, 1.82) is 5.26 Å². The van der Waals surface area contributed by atoms with Gasteiger partial charge in [0.25, 0.3) is 0 Å². The molecule has 4 rings (SSSR count). The van der Waals surface area contributed by atoms with Gasteiger partial charge in [-0.15, -0.1) is 0 Å². The van der Waals surface area contributed by atoms with Crippen molar-refractivity contribution >= 4 is 11.6 Å². The molecule has 3 aromatic carbocycles. The van der Waals surface area contributed by atoms with Gasteiger partial charge in [-0.2, -0.15) is 5.26 Å². The van der Waals surface area contributed by atoms with E-state index in [0.717, 1.165) is 17.1 Å². The number of fused-ring (bicyclic) bond motifs is 1. The lowest BCUT2D eigenvalue weighted by Gasteiger charge is -2.25. The van der Waals surface area contributed by atoms with Gasteiger partial charge in [0.05, 0.1) is 24.7 Å². The molecule has 1 atom stereocenters. The summed E-state index contributed by atoms with van der Waals surface area (Å²) in [6.07, 6.45) is 0.613. The number of nitrogens with zero attached hydrogens (tertiary/aromatic N) is 1. The largest absolute Gasteiger partial charge is 0.497 e. The van der Waals surface area contributed by atoms with Crippen LogP contribution >= 0.6 is 0 Å². The van der Waals surface area contributed by atoms with Gasteiger partial charge in [0, 0.05) is 11.8 Å². The molecule has 150 valence electrons. The minimum absolute atomic E-state index is 0.0909. The Hall–Kier alpha value is -3.98.